The maximum atomic E-state index is 5.66. The zero-order chi connectivity index (χ0) is 21.4. The van der Waals surface area contributed by atoms with Crippen LogP contribution in [0.3, 0.4) is 0 Å². The fraction of sp³-hybridized carbons (Fsp3) is 0.346. The van der Waals surface area contributed by atoms with Gasteiger partial charge < -0.3 is 14.5 Å². The topological polar surface area (TPSA) is 28.6 Å². The first-order chi connectivity index (χ1) is 14.4. The average molecular weight is 402 g/mol. The normalized spacial score (nSPS) is 16.2. The van der Waals surface area contributed by atoms with E-state index in [2.05, 4.69) is 60.8 Å². The van der Waals surface area contributed by atoms with E-state index in [1.54, 1.807) is 7.11 Å². The van der Waals surface area contributed by atoms with Gasteiger partial charge in [0.05, 0.1) is 18.5 Å². The monoisotopic (exact) mass is 401 g/mol. The van der Waals surface area contributed by atoms with E-state index in [0.29, 0.717) is 0 Å². The number of nitrogens with zero attached hydrogens (tertiary/aromatic N) is 3. The van der Waals surface area contributed by atoms with Gasteiger partial charge in [-0.25, -0.2) is 4.98 Å². The standard InChI is InChI=1S/C26H31N3O/c1-17(2)21-9-10-22(25(15-21)30-6)19(4)23-11-12-24-26(27-23)29(16-20-7-8-20)14-13-18(3)28(24)5/h9-12,15,20H,1,3-4,7-8,13-14,16H2,2,5-6H3. The second-order valence-corrected chi connectivity index (χ2v) is 8.48. The van der Waals surface area contributed by atoms with Crippen LogP contribution in [-0.4, -0.2) is 32.2 Å². The van der Waals surface area contributed by atoms with E-state index in [-0.39, 0.29) is 0 Å². The van der Waals surface area contributed by atoms with Gasteiger partial charge in [-0.1, -0.05) is 31.4 Å². The summed E-state index contributed by atoms with van der Waals surface area (Å²) in [7, 11) is 3.77. The van der Waals surface area contributed by atoms with Crippen LogP contribution in [-0.2, 0) is 0 Å². The van der Waals surface area contributed by atoms with E-state index in [1.807, 2.05) is 13.0 Å². The van der Waals surface area contributed by atoms with E-state index in [1.165, 1.54) is 12.8 Å². The van der Waals surface area contributed by atoms with Gasteiger partial charge in [-0.2, -0.15) is 0 Å². The SMILES string of the molecule is C=C(C)c1ccc(C(=C)c2ccc3c(n2)N(CC2CC2)CCC(=C)N3C)c(OC)c1. The highest BCUT2D eigenvalue weighted by atomic mass is 16.5. The maximum Gasteiger partial charge on any atom is 0.153 e. The van der Waals surface area contributed by atoms with Crippen LogP contribution in [0.5, 0.6) is 5.75 Å². The lowest BCUT2D eigenvalue weighted by Gasteiger charge is -2.25. The first kappa shape index (κ1) is 20.3. The molecule has 0 unspecified atom stereocenters. The molecular formula is C26H31N3O. The highest BCUT2D eigenvalue weighted by molar-refractivity contribution is 5.83. The summed E-state index contributed by atoms with van der Waals surface area (Å²) in [4.78, 5) is 9.70. The van der Waals surface area contributed by atoms with Crippen LogP contribution in [0.25, 0.3) is 11.1 Å². The van der Waals surface area contributed by atoms with Crippen molar-refractivity contribution >= 4 is 22.7 Å². The summed E-state index contributed by atoms with van der Waals surface area (Å²) in [5, 5.41) is 0. The molecule has 4 rings (SSSR count). The Labute approximate surface area is 180 Å². The first-order valence-corrected chi connectivity index (χ1v) is 10.6. The van der Waals surface area contributed by atoms with Crippen LogP contribution in [0.4, 0.5) is 11.5 Å². The van der Waals surface area contributed by atoms with E-state index >= 15 is 0 Å². The lowest BCUT2D eigenvalue weighted by molar-refractivity contribution is 0.413. The van der Waals surface area contributed by atoms with Crippen LogP contribution in [0.15, 0.2) is 55.8 Å². The molecule has 0 saturated heterocycles. The molecule has 1 fully saturated rings. The van der Waals surface area contributed by atoms with Gasteiger partial charge >= 0.3 is 0 Å². The molecule has 4 heteroatoms. The van der Waals surface area contributed by atoms with Gasteiger partial charge in [0.15, 0.2) is 5.82 Å². The van der Waals surface area contributed by atoms with Crippen molar-refractivity contribution in [2.75, 3.05) is 37.0 Å². The van der Waals surface area contributed by atoms with Crippen LogP contribution >= 0.6 is 0 Å². The van der Waals surface area contributed by atoms with Crippen LogP contribution in [0.2, 0.25) is 0 Å². The number of hydrogen-bond donors (Lipinski definition) is 0. The van der Waals surface area contributed by atoms with Crippen LogP contribution < -0.4 is 14.5 Å². The van der Waals surface area contributed by atoms with Crippen molar-refractivity contribution in [2.45, 2.75) is 26.2 Å². The van der Waals surface area contributed by atoms with Crippen molar-refractivity contribution < 1.29 is 4.74 Å². The molecule has 2 heterocycles. The second-order valence-electron chi connectivity index (χ2n) is 8.48. The number of allylic oxidation sites excluding steroid dienone is 1. The molecule has 1 saturated carbocycles. The Morgan fingerprint density at radius 2 is 1.97 bits per heavy atom. The number of fused-ring (bicyclic) bond motifs is 1. The van der Waals surface area contributed by atoms with Crippen molar-refractivity contribution in [3.63, 3.8) is 0 Å². The summed E-state index contributed by atoms with van der Waals surface area (Å²) < 4.78 is 5.66. The van der Waals surface area contributed by atoms with Gasteiger partial charge in [0.2, 0.25) is 0 Å². The lowest BCUT2D eigenvalue weighted by atomic mass is 9.99. The Balaban J connectivity index is 1.73. The second kappa shape index (κ2) is 8.02. The summed E-state index contributed by atoms with van der Waals surface area (Å²) in [6.07, 6.45) is 3.59. The molecule has 0 bridgehead atoms. The zero-order valence-corrected chi connectivity index (χ0v) is 18.4. The molecule has 2 aliphatic rings. The van der Waals surface area contributed by atoms with Crippen molar-refractivity contribution in [1.29, 1.82) is 0 Å². The number of hydrogen-bond acceptors (Lipinski definition) is 4. The maximum absolute atomic E-state index is 5.66. The third-order valence-corrected chi connectivity index (χ3v) is 6.16. The van der Waals surface area contributed by atoms with Crippen LogP contribution in [0, 0.1) is 5.92 Å². The minimum atomic E-state index is 0.789. The van der Waals surface area contributed by atoms with Gasteiger partial charge in [0, 0.05) is 43.4 Å². The zero-order valence-electron chi connectivity index (χ0n) is 18.4. The van der Waals surface area contributed by atoms with Gasteiger partial charge in [-0.15, -0.1) is 0 Å². The minimum absolute atomic E-state index is 0.789. The summed E-state index contributed by atoms with van der Waals surface area (Å²) in [5.74, 6) is 2.61. The Kier molecular flexibility index (Phi) is 5.42. The molecule has 1 aromatic carbocycles. The molecular weight excluding hydrogens is 370 g/mol. The lowest BCUT2D eigenvalue weighted by Crippen LogP contribution is -2.27. The highest BCUT2D eigenvalue weighted by Gasteiger charge is 2.29. The Morgan fingerprint density at radius 1 is 1.20 bits per heavy atom. The predicted octanol–water partition coefficient (Wildman–Crippen LogP) is 5.75. The number of ether oxygens (including phenoxy) is 1. The fourth-order valence-electron chi connectivity index (χ4n) is 3.95. The third-order valence-electron chi connectivity index (χ3n) is 6.16. The molecule has 0 atom stereocenters. The van der Waals surface area contributed by atoms with Gasteiger partial charge in [0.25, 0.3) is 0 Å². The van der Waals surface area contributed by atoms with Crippen molar-refractivity contribution in [2.24, 2.45) is 5.92 Å². The van der Waals surface area contributed by atoms with Gasteiger partial charge in [-0.3, -0.25) is 0 Å². The fourth-order valence-corrected chi connectivity index (χ4v) is 3.95. The molecule has 0 radical (unpaired) electrons. The van der Waals surface area contributed by atoms with Gasteiger partial charge in [0.1, 0.15) is 5.75 Å². The molecule has 0 N–H and O–H groups in total. The minimum Gasteiger partial charge on any atom is -0.496 e. The first-order valence-electron chi connectivity index (χ1n) is 10.6. The van der Waals surface area contributed by atoms with E-state index in [9.17, 15) is 0 Å². The number of methoxy groups -OCH3 is 1. The Hall–Kier alpha value is -3.01. The van der Waals surface area contributed by atoms with Crippen LogP contribution in [0.1, 0.15) is 43.0 Å². The predicted molar refractivity (Wildman–Crippen MR) is 127 cm³/mol. The Morgan fingerprint density at radius 3 is 2.63 bits per heavy atom. The summed E-state index contributed by atoms with van der Waals surface area (Å²) in [6.45, 7) is 16.7. The summed E-state index contributed by atoms with van der Waals surface area (Å²) >= 11 is 0. The van der Waals surface area contributed by atoms with E-state index in [4.69, 9.17) is 9.72 Å². The quantitative estimate of drug-likeness (QED) is 0.616. The number of aromatic nitrogens is 1. The number of anilines is 2. The van der Waals surface area contributed by atoms with E-state index in [0.717, 1.165) is 76.3 Å². The van der Waals surface area contributed by atoms with Crippen molar-refractivity contribution in [3.05, 3.63) is 72.6 Å². The molecule has 1 aliphatic heterocycles. The molecule has 1 aliphatic carbocycles. The number of pyridine rings is 1. The largest absolute Gasteiger partial charge is 0.496 e. The number of benzene rings is 1. The van der Waals surface area contributed by atoms with Crippen molar-refractivity contribution in [3.8, 4) is 5.75 Å². The average Bonchev–Trinajstić information content (AvgIpc) is 3.59. The highest BCUT2D eigenvalue weighted by Crippen LogP contribution is 2.39. The molecule has 30 heavy (non-hydrogen) atoms. The van der Waals surface area contributed by atoms with E-state index < -0.39 is 0 Å². The summed E-state index contributed by atoms with van der Waals surface area (Å²) in [6, 6.07) is 10.3. The van der Waals surface area contributed by atoms with Gasteiger partial charge in [-0.05, 0) is 55.5 Å². The molecule has 156 valence electrons. The Bertz CT molecular complexity index is 1020. The molecule has 0 amide bonds. The molecule has 2 aromatic rings. The molecule has 0 spiro atoms. The summed E-state index contributed by atoms with van der Waals surface area (Å²) in [5.41, 5.74) is 6.99. The molecule has 1 aromatic heterocycles. The van der Waals surface area contributed by atoms with Crippen molar-refractivity contribution in [1.82, 2.24) is 4.98 Å². The molecule has 4 nitrogen and oxygen atoms in total. The number of rotatable bonds is 6. The smallest absolute Gasteiger partial charge is 0.153 e. The third kappa shape index (κ3) is 3.87.